The number of nitrogens with one attached hydrogen (secondary N) is 1. The molecule has 2 aromatic rings. The van der Waals surface area contributed by atoms with Crippen LogP contribution in [0.2, 0.25) is 0 Å². The van der Waals surface area contributed by atoms with Crippen LogP contribution in [0, 0.1) is 5.92 Å². The lowest BCUT2D eigenvalue weighted by atomic mass is 10.1. The molecule has 1 heterocycles. The van der Waals surface area contributed by atoms with Gasteiger partial charge in [0.05, 0.1) is 12.0 Å². The molecule has 128 valence electrons. The van der Waals surface area contributed by atoms with Crippen LogP contribution in [-0.2, 0) is 10.0 Å². The quantitative estimate of drug-likeness (QED) is 0.873. The van der Waals surface area contributed by atoms with E-state index in [0.717, 1.165) is 30.9 Å². The van der Waals surface area contributed by atoms with E-state index in [4.69, 9.17) is 4.74 Å². The Kier molecular flexibility index (Phi) is 5.06. The molecule has 0 aliphatic carbocycles. The van der Waals surface area contributed by atoms with Gasteiger partial charge in [-0.2, -0.15) is 0 Å². The fourth-order valence-electron chi connectivity index (χ4n) is 2.94. The van der Waals surface area contributed by atoms with Crippen molar-refractivity contribution in [1.82, 2.24) is 4.72 Å². The normalized spacial score (nSPS) is 17.9. The fourth-order valence-corrected chi connectivity index (χ4v) is 4.07. The fraction of sp³-hybridized carbons (Fsp3) is 0.333. The van der Waals surface area contributed by atoms with E-state index in [1.807, 2.05) is 30.3 Å². The van der Waals surface area contributed by atoms with Crippen LogP contribution in [0.3, 0.4) is 0 Å². The Labute approximate surface area is 143 Å². The van der Waals surface area contributed by atoms with Gasteiger partial charge in [-0.3, -0.25) is 0 Å². The third-order valence-corrected chi connectivity index (χ3v) is 5.78. The number of hydrogen-bond donors (Lipinski definition) is 1. The van der Waals surface area contributed by atoms with Crippen molar-refractivity contribution in [2.45, 2.75) is 11.3 Å². The highest BCUT2D eigenvalue weighted by atomic mass is 32.2. The number of anilines is 1. The van der Waals surface area contributed by atoms with Gasteiger partial charge in [-0.1, -0.05) is 18.2 Å². The van der Waals surface area contributed by atoms with Crippen molar-refractivity contribution in [3.05, 3.63) is 54.6 Å². The Hall–Kier alpha value is -2.05. The van der Waals surface area contributed by atoms with E-state index in [9.17, 15) is 8.42 Å². The number of sulfonamides is 1. The number of benzene rings is 2. The predicted octanol–water partition coefficient (Wildman–Crippen LogP) is 2.50. The Balaban J connectivity index is 1.56. The lowest BCUT2D eigenvalue weighted by Crippen LogP contribution is -2.31. The van der Waals surface area contributed by atoms with Gasteiger partial charge in [-0.15, -0.1) is 0 Å². The van der Waals surface area contributed by atoms with Crippen molar-refractivity contribution < 1.29 is 13.2 Å². The molecule has 0 amide bonds. The molecule has 3 rings (SSSR count). The van der Waals surface area contributed by atoms with Crippen LogP contribution in [-0.4, -0.2) is 35.2 Å². The first-order chi connectivity index (χ1) is 11.6. The largest absolute Gasteiger partial charge is 0.497 e. The molecule has 6 heteroatoms. The van der Waals surface area contributed by atoms with E-state index >= 15 is 0 Å². The first kappa shape index (κ1) is 16.8. The highest BCUT2D eigenvalue weighted by molar-refractivity contribution is 7.89. The zero-order valence-electron chi connectivity index (χ0n) is 13.7. The second-order valence-electron chi connectivity index (χ2n) is 5.96. The van der Waals surface area contributed by atoms with Crippen LogP contribution >= 0.6 is 0 Å². The number of ether oxygens (including phenoxy) is 1. The van der Waals surface area contributed by atoms with Crippen molar-refractivity contribution >= 4 is 15.7 Å². The summed E-state index contributed by atoms with van der Waals surface area (Å²) in [6.45, 7) is 2.25. The minimum absolute atomic E-state index is 0.311. The van der Waals surface area contributed by atoms with Crippen LogP contribution in [0.5, 0.6) is 5.75 Å². The van der Waals surface area contributed by atoms with Crippen molar-refractivity contribution in [2.75, 3.05) is 31.6 Å². The molecule has 2 aromatic carbocycles. The molecule has 1 fully saturated rings. The average Bonchev–Trinajstić information content (AvgIpc) is 3.10. The topological polar surface area (TPSA) is 58.6 Å². The molecule has 0 spiro atoms. The van der Waals surface area contributed by atoms with Gasteiger partial charge in [-0.05, 0) is 48.7 Å². The maximum absolute atomic E-state index is 12.3. The summed E-state index contributed by atoms with van der Waals surface area (Å²) >= 11 is 0. The van der Waals surface area contributed by atoms with E-state index in [1.54, 1.807) is 31.4 Å². The summed E-state index contributed by atoms with van der Waals surface area (Å²) in [5.74, 6) is 1.15. The van der Waals surface area contributed by atoms with Gasteiger partial charge >= 0.3 is 0 Å². The highest BCUT2D eigenvalue weighted by Gasteiger charge is 2.24. The highest BCUT2D eigenvalue weighted by Crippen LogP contribution is 2.25. The SMILES string of the molecule is COc1ccc(N2CCC(CNS(=O)(=O)c3ccccc3)C2)cc1. The van der Waals surface area contributed by atoms with Gasteiger partial charge in [0, 0.05) is 25.3 Å². The van der Waals surface area contributed by atoms with Crippen molar-refractivity contribution in [2.24, 2.45) is 5.92 Å². The summed E-state index contributed by atoms with van der Waals surface area (Å²) in [5.41, 5.74) is 1.14. The first-order valence-corrected chi connectivity index (χ1v) is 9.50. The molecule has 5 nitrogen and oxygen atoms in total. The Morgan fingerprint density at radius 3 is 2.50 bits per heavy atom. The Morgan fingerprint density at radius 2 is 1.83 bits per heavy atom. The van der Waals surface area contributed by atoms with Crippen molar-refractivity contribution in [1.29, 1.82) is 0 Å². The maximum Gasteiger partial charge on any atom is 0.240 e. The van der Waals surface area contributed by atoms with Gasteiger partial charge in [0.25, 0.3) is 0 Å². The van der Waals surface area contributed by atoms with E-state index in [0.29, 0.717) is 17.4 Å². The van der Waals surface area contributed by atoms with Crippen molar-refractivity contribution in [3.8, 4) is 5.75 Å². The van der Waals surface area contributed by atoms with Crippen LogP contribution in [0.15, 0.2) is 59.5 Å². The predicted molar refractivity (Wildman–Crippen MR) is 94.9 cm³/mol. The van der Waals surface area contributed by atoms with Crippen LogP contribution in [0.25, 0.3) is 0 Å². The molecule has 1 saturated heterocycles. The number of methoxy groups -OCH3 is 1. The van der Waals surface area contributed by atoms with E-state index in [1.165, 1.54) is 0 Å². The van der Waals surface area contributed by atoms with Gasteiger partial charge in [0.2, 0.25) is 10.0 Å². The van der Waals surface area contributed by atoms with Crippen molar-refractivity contribution in [3.63, 3.8) is 0 Å². The minimum Gasteiger partial charge on any atom is -0.497 e. The molecular formula is C18H22N2O3S. The lowest BCUT2D eigenvalue weighted by Gasteiger charge is -2.19. The third-order valence-electron chi connectivity index (χ3n) is 4.34. The zero-order chi connectivity index (χ0) is 17.0. The van der Waals surface area contributed by atoms with Gasteiger partial charge in [-0.25, -0.2) is 13.1 Å². The van der Waals surface area contributed by atoms with E-state index < -0.39 is 10.0 Å². The standard InChI is InChI=1S/C18H22N2O3S/c1-23-17-9-7-16(8-10-17)20-12-11-15(14-20)13-19-24(21,22)18-5-3-2-4-6-18/h2-10,15,19H,11-14H2,1H3. The monoisotopic (exact) mass is 346 g/mol. The summed E-state index contributed by atoms with van der Waals surface area (Å²) in [5, 5.41) is 0. The van der Waals surface area contributed by atoms with E-state index in [-0.39, 0.29) is 0 Å². The van der Waals surface area contributed by atoms with Crippen LogP contribution < -0.4 is 14.4 Å². The molecule has 24 heavy (non-hydrogen) atoms. The summed E-state index contributed by atoms with van der Waals surface area (Å²) in [4.78, 5) is 2.59. The summed E-state index contributed by atoms with van der Waals surface area (Å²) in [6, 6.07) is 16.5. The number of nitrogens with zero attached hydrogens (tertiary/aromatic N) is 1. The van der Waals surface area contributed by atoms with Gasteiger partial charge in [0.1, 0.15) is 5.75 Å². The average molecular weight is 346 g/mol. The molecule has 0 saturated carbocycles. The molecule has 0 radical (unpaired) electrons. The molecule has 0 aromatic heterocycles. The third kappa shape index (κ3) is 3.88. The Bertz CT molecular complexity index is 761. The Morgan fingerprint density at radius 1 is 1.12 bits per heavy atom. The number of rotatable bonds is 6. The molecule has 1 unspecified atom stereocenters. The molecular weight excluding hydrogens is 324 g/mol. The van der Waals surface area contributed by atoms with E-state index in [2.05, 4.69) is 9.62 Å². The zero-order valence-corrected chi connectivity index (χ0v) is 14.5. The van der Waals surface area contributed by atoms with Gasteiger partial charge < -0.3 is 9.64 Å². The summed E-state index contributed by atoms with van der Waals surface area (Å²) in [6.07, 6.45) is 0.976. The smallest absolute Gasteiger partial charge is 0.240 e. The lowest BCUT2D eigenvalue weighted by molar-refractivity contribution is 0.415. The molecule has 1 aliphatic heterocycles. The van der Waals surface area contributed by atoms with Gasteiger partial charge in [0.15, 0.2) is 0 Å². The second-order valence-corrected chi connectivity index (χ2v) is 7.73. The summed E-state index contributed by atoms with van der Waals surface area (Å²) in [7, 11) is -1.77. The molecule has 0 bridgehead atoms. The molecule has 1 N–H and O–H groups in total. The second kappa shape index (κ2) is 7.23. The molecule has 1 atom stereocenters. The first-order valence-electron chi connectivity index (χ1n) is 8.02. The van der Waals surface area contributed by atoms with Crippen LogP contribution in [0.4, 0.5) is 5.69 Å². The number of hydrogen-bond acceptors (Lipinski definition) is 4. The maximum atomic E-state index is 12.3. The summed E-state index contributed by atoms with van der Waals surface area (Å²) < 4.78 is 32.5. The minimum atomic E-state index is -3.42. The van der Waals surface area contributed by atoms with Crippen LogP contribution in [0.1, 0.15) is 6.42 Å². The molecule has 1 aliphatic rings.